The van der Waals surface area contributed by atoms with Crippen LogP contribution in [0.15, 0.2) is 24.3 Å². The second-order valence-electron chi connectivity index (χ2n) is 3.92. The first-order chi connectivity index (χ1) is 7.01. The number of alkyl halides is 2. The van der Waals surface area contributed by atoms with Gasteiger partial charge >= 0.3 is 0 Å². The maximum atomic E-state index is 12.7. The third kappa shape index (κ3) is 4.88. The second-order valence-corrected chi connectivity index (χ2v) is 3.92. The molecule has 0 amide bonds. The lowest BCUT2D eigenvalue weighted by molar-refractivity contribution is 0.0226. The maximum Gasteiger partial charge on any atom is 0.249 e. The highest BCUT2D eigenvalue weighted by Crippen LogP contribution is 2.19. The van der Waals surface area contributed by atoms with Crippen LogP contribution in [-0.2, 0) is 12.8 Å². The predicted octanol–water partition coefficient (Wildman–Crippen LogP) is 2.65. The zero-order valence-corrected chi connectivity index (χ0v) is 9.19. The van der Waals surface area contributed by atoms with Crippen molar-refractivity contribution in [2.45, 2.75) is 25.7 Å². The van der Waals surface area contributed by atoms with Crippen molar-refractivity contribution in [3.8, 4) is 0 Å². The van der Waals surface area contributed by atoms with Crippen LogP contribution >= 0.6 is 0 Å². The Bertz CT molecular complexity index is 287. The van der Waals surface area contributed by atoms with Gasteiger partial charge in [0.25, 0.3) is 0 Å². The van der Waals surface area contributed by atoms with E-state index in [9.17, 15) is 8.78 Å². The average Bonchev–Trinajstić information content (AvgIpc) is 2.14. The van der Waals surface area contributed by atoms with Crippen molar-refractivity contribution in [2.24, 2.45) is 0 Å². The highest BCUT2D eigenvalue weighted by atomic mass is 19.3. The maximum absolute atomic E-state index is 12.7. The number of benzene rings is 1. The number of nitrogens with one attached hydrogen (secondary N) is 1. The van der Waals surface area contributed by atoms with Crippen molar-refractivity contribution < 1.29 is 8.78 Å². The van der Waals surface area contributed by atoms with Crippen LogP contribution in [0.25, 0.3) is 0 Å². The van der Waals surface area contributed by atoms with Crippen LogP contribution in [0, 0.1) is 0 Å². The summed E-state index contributed by atoms with van der Waals surface area (Å²) in [6.07, 6.45) is 0.749. The fourth-order valence-electron chi connectivity index (χ4n) is 1.45. The zero-order chi connectivity index (χ0) is 11.3. The van der Waals surface area contributed by atoms with Gasteiger partial charge < -0.3 is 5.32 Å². The van der Waals surface area contributed by atoms with Crippen molar-refractivity contribution in [1.29, 1.82) is 0 Å². The fraction of sp³-hybridized carbons (Fsp3) is 0.500. The molecule has 0 spiro atoms. The van der Waals surface area contributed by atoms with Gasteiger partial charge in [0.05, 0.1) is 0 Å². The van der Waals surface area contributed by atoms with E-state index in [1.165, 1.54) is 5.56 Å². The van der Waals surface area contributed by atoms with Gasteiger partial charge in [-0.05, 0) is 38.1 Å². The van der Waals surface area contributed by atoms with E-state index in [4.69, 9.17) is 0 Å². The quantitative estimate of drug-likeness (QED) is 0.793. The third-order valence-corrected chi connectivity index (χ3v) is 2.20. The van der Waals surface area contributed by atoms with Crippen LogP contribution in [-0.4, -0.2) is 19.5 Å². The van der Waals surface area contributed by atoms with E-state index in [1.807, 2.05) is 19.2 Å². The van der Waals surface area contributed by atoms with Crippen molar-refractivity contribution in [2.75, 3.05) is 13.6 Å². The molecule has 1 aromatic rings. The molecule has 15 heavy (non-hydrogen) atoms. The van der Waals surface area contributed by atoms with E-state index in [2.05, 4.69) is 5.32 Å². The minimum absolute atomic E-state index is 0.181. The summed E-state index contributed by atoms with van der Waals surface area (Å²) >= 11 is 0. The molecule has 84 valence electrons. The van der Waals surface area contributed by atoms with E-state index < -0.39 is 5.92 Å². The lowest BCUT2D eigenvalue weighted by Crippen LogP contribution is -2.13. The number of rotatable bonds is 5. The standard InChI is InChI=1S/C12H17F2N/c1-12(13,14)9-11-5-3-10(4-6-11)7-8-15-2/h3-6,15H,7-9H2,1-2H3. The largest absolute Gasteiger partial charge is 0.319 e. The Hall–Kier alpha value is -0.960. The molecule has 0 aliphatic heterocycles. The molecule has 0 aromatic heterocycles. The molecular weight excluding hydrogens is 196 g/mol. The Kier molecular flexibility index (Phi) is 4.21. The van der Waals surface area contributed by atoms with Gasteiger partial charge in [-0.25, -0.2) is 8.78 Å². The van der Waals surface area contributed by atoms with Gasteiger partial charge in [0.1, 0.15) is 0 Å². The number of hydrogen-bond donors (Lipinski definition) is 1. The topological polar surface area (TPSA) is 12.0 Å². The van der Waals surface area contributed by atoms with Gasteiger partial charge in [0, 0.05) is 6.42 Å². The SMILES string of the molecule is CNCCc1ccc(CC(C)(F)F)cc1. The summed E-state index contributed by atoms with van der Waals surface area (Å²) in [6.45, 7) is 1.85. The molecule has 0 radical (unpaired) electrons. The monoisotopic (exact) mass is 213 g/mol. The smallest absolute Gasteiger partial charge is 0.249 e. The van der Waals surface area contributed by atoms with Gasteiger partial charge in [-0.2, -0.15) is 0 Å². The first-order valence-corrected chi connectivity index (χ1v) is 5.11. The summed E-state index contributed by atoms with van der Waals surface area (Å²) in [4.78, 5) is 0. The molecule has 0 aliphatic carbocycles. The van der Waals surface area contributed by atoms with E-state index >= 15 is 0 Å². The summed E-state index contributed by atoms with van der Waals surface area (Å²) in [7, 11) is 1.89. The Labute approximate surface area is 89.5 Å². The van der Waals surface area contributed by atoms with Crippen LogP contribution in [0.4, 0.5) is 8.78 Å². The van der Waals surface area contributed by atoms with Crippen LogP contribution < -0.4 is 5.32 Å². The lowest BCUT2D eigenvalue weighted by atomic mass is 10.0. The Balaban J connectivity index is 2.56. The lowest BCUT2D eigenvalue weighted by Gasteiger charge is -2.10. The number of halogens is 2. The Morgan fingerprint density at radius 3 is 2.13 bits per heavy atom. The minimum Gasteiger partial charge on any atom is -0.319 e. The average molecular weight is 213 g/mol. The van der Waals surface area contributed by atoms with Gasteiger partial charge in [-0.15, -0.1) is 0 Å². The van der Waals surface area contributed by atoms with Crippen LogP contribution in [0.2, 0.25) is 0 Å². The molecule has 0 heterocycles. The van der Waals surface area contributed by atoms with Gasteiger partial charge in [0.2, 0.25) is 5.92 Å². The van der Waals surface area contributed by atoms with E-state index in [0.29, 0.717) is 5.56 Å². The summed E-state index contributed by atoms with van der Waals surface area (Å²) < 4.78 is 25.4. The predicted molar refractivity (Wildman–Crippen MR) is 58.4 cm³/mol. The molecule has 1 rings (SSSR count). The molecule has 1 nitrogen and oxygen atoms in total. The molecular formula is C12H17F2N. The molecule has 1 aromatic carbocycles. The fourth-order valence-corrected chi connectivity index (χ4v) is 1.45. The summed E-state index contributed by atoms with van der Waals surface area (Å²) in [5, 5.41) is 3.05. The minimum atomic E-state index is -2.62. The molecule has 0 aliphatic rings. The zero-order valence-electron chi connectivity index (χ0n) is 9.19. The van der Waals surface area contributed by atoms with Crippen molar-refractivity contribution in [3.05, 3.63) is 35.4 Å². The molecule has 3 heteroatoms. The van der Waals surface area contributed by atoms with E-state index in [1.54, 1.807) is 12.1 Å². The van der Waals surface area contributed by atoms with E-state index in [-0.39, 0.29) is 6.42 Å². The van der Waals surface area contributed by atoms with Crippen molar-refractivity contribution >= 4 is 0 Å². The summed E-state index contributed by atoms with van der Waals surface area (Å²) in [5.41, 5.74) is 1.86. The molecule has 0 unspecified atom stereocenters. The van der Waals surface area contributed by atoms with Crippen LogP contribution in [0.3, 0.4) is 0 Å². The highest BCUT2D eigenvalue weighted by molar-refractivity contribution is 5.23. The first kappa shape index (κ1) is 12.1. The van der Waals surface area contributed by atoms with Crippen molar-refractivity contribution in [1.82, 2.24) is 5.32 Å². The van der Waals surface area contributed by atoms with Gasteiger partial charge in [-0.1, -0.05) is 24.3 Å². The first-order valence-electron chi connectivity index (χ1n) is 5.11. The second kappa shape index (κ2) is 5.21. The van der Waals surface area contributed by atoms with Crippen molar-refractivity contribution in [3.63, 3.8) is 0 Å². The molecule has 0 saturated heterocycles. The van der Waals surface area contributed by atoms with Gasteiger partial charge in [-0.3, -0.25) is 0 Å². The van der Waals surface area contributed by atoms with Crippen LogP contribution in [0.5, 0.6) is 0 Å². The summed E-state index contributed by atoms with van der Waals surface area (Å²) in [6, 6.07) is 7.39. The molecule has 1 N–H and O–H groups in total. The van der Waals surface area contributed by atoms with Crippen LogP contribution in [0.1, 0.15) is 18.1 Å². The number of likely N-dealkylation sites (N-methyl/N-ethyl adjacent to an activating group) is 1. The molecule has 0 saturated carbocycles. The van der Waals surface area contributed by atoms with E-state index in [0.717, 1.165) is 19.9 Å². The summed E-state index contributed by atoms with van der Waals surface area (Å²) in [5.74, 6) is -2.62. The third-order valence-electron chi connectivity index (χ3n) is 2.20. The number of hydrogen-bond acceptors (Lipinski definition) is 1. The normalized spacial score (nSPS) is 11.7. The van der Waals surface area contributed by atoms with Gasteiger partial charge in [0.15, 0.2) is 0 Å². The molecule has 0 fully saturated rings. The molecule has 0 atom stereocenters. The molecule has 0 bridgehead atoms. The highest BCUT2D eigenvalue weighted by Gasteiger charge is 2.21. The Morgan fingerprint density at radius 1 is 1.13 bits per heavy atom. The Morgan fingerprint density at radius 2 is 1.67 bits per heavy atom.